The van der Waals surface area contributed by atoms with Crippen molar-refractivity contribution in [2.75, 3.05) is 19.0 Å². The average molecular weight is 206 g/mol. The molecule has 0 fully saturated rings. The molecule has 4 heteroatoms. The zero-order valence-electron chi connectivity index (χ0n) is 8.67. The molecule has 1 aliphatic heterocycles. The summed E-state index contributed by atoms with van der Waals surface area (Å²) < 4.78 is 5.14. The van der Waals surface area contributed by atoms with Crippen molar-refractivity contribution < 1.29 is 9.53 Å². The first-order chi connectivity index (χ1) is 7.29. The highest BCUT2D eigenvalue weighted by molar-refractivity contribution is 5.77. The molecule has 0 aromatic heterocycles. The summed E-state index contributed by atoms with van der Waals surface area (Å²) in [7, 11) is 1.64. The Kier molecular flexibility index (Phi) is 2.76. The SMILES string of the molecule is COc1ccc2c(c1)CNC(=O)CCN2. The highest BCUT2D eigenvalue weighted by Gasteiger charge is 2.10. The highest BCUT2D eigenvalue weighted by atomic mass is 16.5. The van der Waals surface area contributed by atoms with Gasteiger partial charge in [-0.2, -0.15) is 0 Å². The molecule has 0 bridgehead atoms. The lowest BCUT2D eigenvalue weighted by molar-refractivity contribution is -0.121. The van der Waals surface area contributed by atoms with Crippen molar-refractivity contribution in [1.82, 2.24) is 5.32 Å². The van der Waals surface area contributed by atoms with Crippen molar-refractivity contribution >= 4 is 11.6 Å². The van der Waals surface area contributed by atoms with Crippen LogP contribution in [0.2, 0.25) is 0 Å². The molecule has 4 nitrogen and oxygen atoms in total. The number of fused-ring (bicyclic) bond motifs is 1. The first kappa shape index (κ1) is 9.83. The second kappa shape index (κ2) is 4.21. The van der Waals surface area contributed by atoms with Crippen LogP contribution in [0.25, 0.3) is 0 Å². The van der Waals surface area contributed by atoms with Crippen LogP contribution in [0.15, 0.2) is 18.2 Å². The van der Waals surface area contributed by atoms with Gasteiger partial charge in [0.15, 0.2) is 0 Å². The third-order valence-electron chi connectivity index (χ3n) is 2.46. The molecule has 0 atom stereocenters. The first-order valence-corrected chi connectivity index (χ1v) is 4.97. The molecule has 1 aromatic rings. The maximum absolute atomic E-state index is 11.2. The molecule has 0 radical (unpaired) electrons. The smallest absolute Gasteiger partial charge is 0.222 e. The standard InChI is InChI=1S/C11H14N2O2/c1-15-9-2-3-10-8(6-9)7-13-11(14)4-5-12-10/h2-3,6,12H,4-5,7H2,1H3,(H,13,14). The largest absolute Gasteiger partial charge is 0.497 e. The van der Waals surface area contributed by atoms with Crippen LogP contribution in [-0.4, -0.2) is 19.6 Å². The number of anilines is 1. The molecule has 0 unspecified atom stereocenters. The number of ether oxygens (including phenoxy) is 1. The van der Waals surface area contributed by atoms with E-state index in [1.807, 2.05) is 18.2 Å². The van der Waals surface area contributed by atoms with E-state index in [9.17, 15) is 4.79 Å². The molecule has 1 amide bonds. The molecule has 1 heterocycles. The van der Waals surface area contributed by atoms with Crippen LogP contribution in [0.5, 0.6) is 5.75 Å². The van der Waals surface area contributed by atoms with E-state index in [4.69, 9.17) is 4.74 Å². The third-order valence-corrected chi connectivity index (χ3v) is 2.46. The molecule has 80 valence electrons. The molecule has 2 rings (SSSR count). The summed E-state index contributed by atoms with van der Waals surface area (Å²) in [5.74, 6) is 0.890. The monoisotopic (exact) mass is 206 g/mol. The molecular formula is C11H14N2O2. The average Bonchev–Trinajstić information content (AvgIpc) is 2.24. The van der Waals surface area contributed by atoms with Crippen LogP contribution in [0.1, 0.15) is 12.0 Å². The van der Waals surface area contributed by atoms with Gasteiger partial charge in [-0.3, -0.25) is 4.79 Å². The van der Waals surface area contributed by atoms with Crippen molar-refractivity contribution in [3.8, 4) is 5.75 Å². The topological polar surface area (TPSA) is 50.4 Å². The summed E-state index contributed by atoms with van der Waals surface area (Å²) in [6.45, 7) is 1.23. The van der Waals surface area contributed by atoms with E-state index in [1.165, 1.54) is 0 Å². The number of carbonyl (C=O) groups excluding carboxylic acids is 1. The van der Waals surface area contributed by atoms with Gasteiger partial charge in [-0.15, -0.1) is 0 Å². The second-order valence-corrected chi connectivity index (χ2v) is 3.48. The zero-order chi connectivity index (χ0) is 10.7. The number of benzene rings is 1. The number of carbonyl (C=O) groups is 1. The first-order valence-electron chi connectivity index (χ1n) is 4.97. The van der Waals surface area contributed by atoms with E-state index in [0.717, 1.165) is 17.0 Å². The van der Waals surface area contributed by atoms with Gasteiger partial charge in [-0.1, -0.05) is 0 Å². The lowest BCUT2D eigenvalue weighted by Crippen LogP contribution is -2.27. The Bertz CT molecular complexity index is 377. The number of methoxy groups -OCH3 is 1. The van der Waals surface area contributed by atoms with Crippen LogP contribution >= 0.6 is 0 Å². The predicted octanol–water partition coefficient (Wildman–Crippen LogP) is 1.13. The fourth-order valence-corrected chi connectivity index (χ4v) is 1.61. The number of hydrogen-bond acceptors (Lipinski definition) is 3. The molecule has 15 heavy (non-hydrogen) atoms. The Hall–Kier alpha value is -1.71. The molecule has 0 spiro atoms. The molecule has 0 saturated carbocycles. The molecular weight excluding hydrogens is 192 g/mol. The van der Waals surface area contributed by atoms with Crippen molar-refractivity contribution in [1.29, 1.82) is 0 Å². The van der Waals surface area contributed by atoms with Crippen molar-refractivity contribution in [2.45, 2.75) is 13.0 Å². The molecule has 1 aromatic carbocycles. The van der Waals surface area contributed by atoms with E-state index in [1.54, 1.807) is 7.11 Å². The van der Waals surface area contributed by atoms with Gasteiger partial charge in [-0.05, 0) is 23.8 Å². The van der Waals surface area contributed by atoms with Crippen molar-refractivity contribution in [3.05, 3.63) is 23.8 Å². The predicted molar refractivity (Wildman–Crippen MR) is 57.9 cm³/mol. The number of nitrogens with one attached hydrogen (secondary N) is 2. The fourth-order valence-electron chi connectivity index (χ4n) is 1.61. The van der Waals surface area contributed by atoms with E-state index in [-0.39, 0.29) is 5.91 Å². The van der Waals surface area contributed by atoms with Crippen molar-refractivity contribution in [3.63, 3.8) is 0 Å². The highest BCUT2D eigenvalue weighted by Crippen LogP contribution is 2.22. The Morgan fingerprint density at radius 1 is 1.33 bits per heavy atom. The summed E-state index contributed by atoms with van der Waals surface area (Å²) >= 11 is 0. The van der Waals surface area contributed by atoms with Crippen LogP contribution < -0.4 is 15.4 Å². The summed E-state index contributed by atoms with van der Waals surface area (Å²) in [6, 6.07) is 5.83. The summed E-state index contributed by atoms with van der Waals surface area (Å²) in [6.07, 6.45) is 0.519. The summed E-state index contributed by atoms with van der Waals surface area (Å²) in [5.41, 5.74) is 2.12. The third kappa shape index (κ3) is 2.21. The van der Waals surface area contributed by atoms with E-state index in [2.05, 4.69) is 10.6 Å². The van der Waals surface area contributed by atoms with Crippen LogP contribution in [0.4, 0.5) is 5.69 Å². The van der Waals surface area contributed by atoms with Gasteiger partial charge < -0.3 is 15.4 Å². The van der Waals surface area contributed by atoms with Gasteiger partial charge in [0.25, 0.3) is 0 Å². The van der Waals surface area contributed by atoms with Crippen LogP contribution in [0.3, 0.4) is 0 Å². The van der Waals surface area contributed by atoms with E-state index in [0.29, 0.717) is 19.5 Å². The Labute approximate surface area is 88.6 Å². The number of amides is 1. The van der Waals surface area contributed by atoms with Gasteiger partial charge in [0.2, 0.25) is 5.91 Å². The Balaban J connectivity index is 2.27. The Morgan fingerprint density at radius 3 is 3.00 bits per heavy atom. The van der Waals surface area contributed by atoms with E-state index < -0.39 is 0 Å². The van der Waals surface area contributed by atoms with E-state index >= 15 is 0 Å². The summed E-state index contributed by atoms with van der Waals surface area (Å²) in [5, 5.41) is 6.09. The number of rotatable bonds is 1. The lowest BCUT2D eigenvalue weighted by atomic mass is 10.1. The molecule has 0 saturated heterocycles. The molecule has 1 aliphatic rings. The minimum Gasteiger partial charge on any atom is -0.497 e. The molecule has 2 N–H and O–H groups in total. The van der Waals surface area contributed by atoms with Crippen LogP contribution in [-0.2, 0) is 11.3 Å². The summed E-state index contributed by atoms with van der Waals surface area (Å²) in [4.78, 5) is 11.2. The van der Waals surface area contributed by atoms with Crippen molar-refractivity contribution in [2.24, 2.45) is 0 Å². The minimum absolute atomic E-state index is 0.0796. The van der Waals surface area contributed by atoms with Gasteiger partial charge in [0, 0.05) is 25.2 Å². The maximum Gasteiger partial charge on any atom is 0.222 e. The van der Waals surface area contributed by atoms with Gasteiger partial charge in [0.05, 0.1) is 7.11 Å². The van der Waals surface area contributed by atoms with Gasteiger partial charge >= 0.3 is 0 Å². The minimum atomic E-state index is 0.0796. The Morgan fingerprint density at radius 2 is 2.20 bits per heavy atom. The lowest BCUT2D eigenvalue weighted by Gasteiger charge is -2.17. The molecule has 0 aliphatic carbocycles. The van der Waals surface area contributed by atoms with Gasteiger partial charge in [0.1, 0.15) is 5.75 Å². The second-order valence-electron chi connectivity index (χ2n) is 3.48. The fraction of sp³-hybridized carbons (Fsp3) is 0.364. The quantitative estimate of drug-likeness (QED) is 0.724. The maximum atomic E-state index is 11.2. The normalized spacial score (nSPS) is 15.4. The number of hydrogen-bond donors (Lipinski definition) is 2. The zero-order valence-corrected chi connectivity index (χ0v) is 8.67. The van der Waals surface area contributed by atoms with Crippen LogP contribution in [0, 0.1) is 0 Å². The van der Waals surface area contributed by atoms with Gasteiger partial charge in [-0.25, -0.2) is 0 Å².